The molecule has 3 N–H and O–H groups in total. The van der Waals surface area contributed by atoms with E-state index in [-0.39, 0.29) is 0 Å². The van der Waals surface area contributed by atoms with E-state index in [9.17, 15) is 0 Å². The van der Waals surface area contributed by atoms with Gasteiger partial charge in [-0.3, -0.25) is 0 Å². The fourth-order valence-electron chi connectivity index (χ4n) is 4.46. The molecule has 28 heavy (non-hydrogen) atoms. The molecule has 0 spiro atoms. The highest BCUT2D eigenvalue weighted by Gasteiger charge is 2.53. The summed E-state index contributed by atoms with van der Waals surface area (Å²) in [5.74, 6) is 2.89. The zero-order valence-corrected chi connectivity index (χ0v) is 15.6. The van der Waals surface area contributed by atoms with Crippen LogP contribution in [0.25, 0.3) is 27.7 Å². The van der Waals surface area contributed by atoms with Crippen LogP contribution in [0.15, 0.2) is 48.7 Å². The molecule has 6 rings (SSSR count). The first-order valence-corrected chi connectivity index (χ1v) is 9.72. The highest BCUT2D eigenvalue weighted by atomic mass is 15.3. The Kier molecular flexibility index (Phi) is 3.34. The highest BCUT2D eigenvalue weighted by Crippen LogP contribution is 2.43. The van der Waals surface area contributed by atoms with Crippen molar-refractivity contribution in [3.63, 3.8) is 0 Å². The van der Waals surface area contributed by atoms with Crippen LogP contribution in [0.3, 0.4) is 0 Å². The van der Waals surface area contributed by atoms with Crippen LogP contribution in [0.1, 0.15) is 0 Å². The second kappa shape index (κ2) is 5.90. The number of nitrogens with one attached hydrogen (secondary N) is 3. The summed E-state index contributed by atoms with van der Waals surface area (Å²) in [5.41, 5.74) is 3.87. The van der Waals surface area contributed by atoms with E-state index >= 15 is 0 Å². The molecular weight excluding hydrogens is 350 g/mol. The molecule has 2 aliphatic rings. The Bertz CT molecular complexity index is 1190. The zero-order chi connectivity index (χ0) is 18.7. The zero-order valence-electron chi connectivity index (χ0n) is 15.6. The van der Waals surface area contributed by atoms with Gasteiger partial charge < -0.3 is 16.0 Å². The topological polar surface area (TPSA) is 79.2 Å². The number of hydrogen-bond acceptors (Lipinski definition) is 6. The molecule has 3 aromatic heterocycles. The maximum absolute atomic E-state index is 4.84. The average molecular weight is 371 g/mol. The van der Waals surface area contributed by atoms with Crippen LogP contribution in [0.5, 0.6) is 0 Å². The van der Waals surface area contributed by atoms with Crippen LogP contribution >= 0.6 is 0 Å². The first kappa shape index (κ1) is 15.8. The summed E-state index contributed by atoms with van der Waals surface area (Å²) in [5, 5.41) is 16.0. The number of pyridine rings is 1. The van der Waals surface area contributed by atoms with E-state index in [1.807, 2.05) is 36.0 Å². The Hall–Kier alpha value is -3.19. The van der Waals surface area contributed by atoms with Gasteiger partial charge >= 0.3 is 0 Å². The minimum Gasteiger partial charge on any atom is -0.371 e. The van der Waals surface area contributed by atoms with Gasteiger partial charge in [0.15, 0.2) is 5.82 Å². The van der Waals surface area contributed by atoms with Crippen LogP contribution < -0.4 is 16.0 Å². The number of anilines is 2. The van der Waals surface area contributed by atoms with Gasteiger partial charge in [-0.1, -0.05) is 24.3 Å². The molecule has 1 aliphatic carbocycles. The van der Waals surface area contributed by atoms with Crippen molar-refractivity contribution >= 4 is 28.2 Å². The molecule has 2 fully saturated rings. The Balaban J connectivity index is 1.41. The predicted octanol–water partition coefficient (Wildman–Crippen LogP) is 2.62. The maximum Gasteiger partial charge on any atom is 0.243 e. The second-order valence-electron chi connectivity index (χ2n) is 7.60. The van der Waals surface area contributed by atoms with Crippen molar-refractivity contribution in [1.82, 2.24) is 24.9 Å². The molecule has 1 aliphatic heterocycles. The molecule has 0 bridgehead atoms. The van der Waals surface area contributed by atoms with Crippen molar-refractivity contribution < 1.29 is 0 Å². The third-order valence-corrected chi connectivity index (χ3v) is 6.01. The number of benzene rings is 1. The van der Waals surface area contributed by atoms with Crippen LogP contribution in [0.4, 0.5) is 11.8 Å². The van der Waals surface area contributed by atoms with Crippen molar-refractivity contribution in [2.45, 2.75) is 6.04 Å². The number of hydrogen-bond donors (Lipinski definition) is 3. The van der Waals surface area contributed by atoms with Gasteiger partial charge in [-0.05, 0) is 30.0 Å². The van der Waals surface area contributed by atoms with Crippen molar-refractivity contribution in [1.29, 1.82) is 0 Å². The highest BCUT2D eigenvalue weighted by molar-refractivity contribution is 5.90. The van der Waals surface area contributed by atoms with E-state index in [2.05, 4.69) is 40.2 Å². The van der Waals surface area contributed by atoms with Gasteiger partial charge in [0.2, 0.25) is 5.95 Å². The largest absolute Gasteiger partial charge is 0.371 e. The number of rotatable bonds is 4. The number of fused-ring (bicyclic) bond motifs is 3. The van der Waals surface area contributed by atoms with Crippen molar-refractivity contribution in [2.75, 3.05) is 30.8 Å². The number of aromatic nitrogens is 4. The standard InChI is InChI=1S/C21H21N7/c1-22-20-19-13(17-7-6-12-4-2-3-5-16(12)24-17)8-9-28(19)27-21(26-20)25-18-14-10-23-11-15(14)18/h2-9,14-15,18,23H,10-11H2,1H3,(H2,22,25,26,27)/t14-,15+,18?. The lowest BCUT2D eigenvalue weighted by Gasteiger charge is -2.11. The lowest BCUT2D eigenvalue weighted by Crippen LogP contribution is -2.22. The Morgan fingerprint density at radius 3 is 2.75 bits per heavy atom. The van der Waals surface area contributed by atoms with Gasteiger partial charge in [0.05, 0.1) is 11.2 Å². The molecule has 1 unspecified atom stereocenters. The van der Waals surface area contributed by atoms with Crippen molar-refractivity contribution in [3.8, 4) is 11.3 Å². The molecule has 4 heterocycles. The summed E-state index contributed by atoms with van der Waals surface area (Å²) >= 11 is 0. The number of para-hydroxylation sites is 1. The summed E-state index contributed by atoms with van der Waals surface area (Å²) in [6, 6.07) is 14.9. The molecule has 4 aromatic rings. The summed E-state index contributed by atoms with van der Waals surface area (Å²) in [4.78, 5) is 9.59. The van der Waals surface area contributed by atoms with Gasteiger partial charge in [-0.15, -0.1) is 5.10 Å². The van der Waals surface area contributed by atoms with Gasteiger partial charge in [-0.2, -0.15) is 4.98 Å². The van der Waals surface area contributed by atoms with Gasteiger partial charge in [0.1, 0.15) is 5.52 Å². The van der Waals surface area contributed by atoms with Crippen LogP contribution in [0, 0.1) is 11.8 Å². The molecule has 3 atom stereocenters. The lowest BCUT2D eigenvalue weighted by molar-refractivity contribution is 0.691. The number of piperidine rings is 1. The first-order valence-electron chi connectivity index (χ1n) is 9.72. The van der Waals surface area contributed by atoms with E-state index in [4.69, 9.17) is 15.1 Å². The minimum absolute atomic E-state index is 0.487. The van der Waals surface area contributed by atoms with E-state index in [0.29, 0.717) is 23.8 Å². The second-order valence-corrected chi connectivity index (χ2v) is 7.60. The minimum atomic E-state index is 0.487. The van der Waals surface area contributed by atoms with Crippen LogP contribution in [-0.2, 0) is 0 Å². The van der Waals surface area contributed by atoms with Crippen molar-refractivity contribution in [2.24, 2.45) is 11.8 Å². The molecule has 7 nitrogen and oxygen atoms in total. The fourth-order valence-corrected chi connectivity index (χ4v) is 4.46. The third kappa shape index (κ3) is 2.36. The summed E-state index contributed by atoms with van der Waals surface area (Å²) in [7, 11) is 1.90. The molecule has 7 heteroatoms. The van der Waals surface area contributed by atoms with E-state index in [1.54, 1.807) is 0 Å². The number of nitrogens with zero attached hydrogens (tertiary/aromatic N) is 4. The van der Waals surface area contributed by atoms with Crippen LogP contribution in [0.2, 0.25) is 0 Å². The van der Waals surface area contributed by atoms with E-state index < -0.39 is 0 Å². The molecule has 1 saturated heterocycles. The third-order valence-electron chi connectivity index (χ3n) is 6.01. The molecule has 1 aromatic carbocycles. The summed E-state index contributed by atoms with van der Waals surface area (Å²) in [6.07, 6.45) is 1.98. The molecule has 0 radical (unpaired) electrons. The summed E-state index contributed by atoms with van der Waals surface area (Å²) < 4.78 is 1.89. The lowest BCUT2D eigenvalue weighted by atomic mass is 10.1. The monoisotopic (exact) mass is 371 g/mol. The predicted molar refractivity (Wildman–Crippen MR) is 111 cm³/mol. The first-order chi connectivity index (χ1) is 13.8. The quantitative estimate of drug-likeness (QED) is 0.512. The van der Waals surface area contributed by atoms with Crippen molar-refractivity contribution in [3.05, 3.63) is 48.7 Å². The van der Waals surface area contributed by atoms with Gasteiger partial charge in [0, 0.05) is 43.3 Å². The fraction of sp³-hybridized carbons (Fsp3) is 0.286. The molecule has 0 amide bonds. The van der Waals surface area contributed by atoms with Gasteiger partial charge in [-0.25, -0.2) is 9.50 Å². The molecular formula is C21H21N7. The molecule has 1 saturated carbocycles. The SMILES string of the molecule is CNc1nc(NC2[C@H]3CNC[C@@H]23)nn2ccc(-c3ccc4ccccc4n3)c12. The molecule has 140 valence electrons. The van der Waals surface area contributed by atoms with Gasteiger partial charge in [0.25, 0.3) is 0 Å². The average Bonchev–Trinajstić information content (AvgIpc) is 3.09. The van der Waals surface area contributed by atoms with E-state index in [1.165, 1.54) is 0 Å². The Morgan fingerprint density at radius 1 is 1.04 bits per heavy atom. The van der Waals surface area contributed by atoms with E-state index in [0.717, 1.165) is 46.6 Å². The Morgan fingerprint density at radius 2 is 1.89 bits per heavy atom. The summed E-state index contributed by atoms with van der Waals surface area (Å²) in [6.45, 7) is 2.18. The maximum atomic E-state index is 4.84. The smallest absolute Gasteiger partial charge is 0.243 e. The Labute approximate surface area is 162 Å². The normalized spacial score (nSPS) is 23.1. The van der Waals surface area contributed by atoms with Crippen LogP contribution in [-0.4, -0.2) is 45.8 Å².